The minimum absolute atomic E-state index is 0.0199. The van der Waals surface area contributed by atoms with Gasteiger partial charge in [0.25, 0.3) is 0 Å². The number of amides is 1. The molecule has 26 heavy (non-hydrogen) atoms. The average Bonchev–Trinajstić information content (AvgIpc) is 3.11. The van der Waals surface area contributed by atoms with Crippen molar-refractivity contribution in [1.29, 1.82) is 0 Å². The van der Waals surface area contributed by atoms with Gasteiger partial charge in [0.2, 0.25) is 15.9 Å². The van der Waals surface area contributed by atoms with Gasteiger partial charge in [-0.15, -0.1) is 0 Å². The summed E-state index contributed by atoms with van der Waals surface area (Å²) in [7, 11) is -3.53. The van der Waals surface area contributed by atoms with Crippen molar-refractivity contribution in [3.05, 3.63) is 29.3 Å². The van der Waals surface area contributed by atoms with Crippen LogP contribution in [0.2, 0.25) is 0 Å². The fourth-order valence-corrected chi connectivity index (χ4v) is 5.01. The maximum atomic E-state index is 12.6. The van der Waals surface area contributed by atoms with Crippen LogP contribution in [0.25, 0.3) is 0 Å². The van der Waals surface area contributed by atoms with E-state index in [0.29, 0.717) is 37.6 Å². The highest BCUT2D eigenvalue weighted by Gasteiger charge is 2.31. The van der Waals surface area contributed by atoms with Crippen LogP contribution in [0.5, 0.6) is 0 Å². The molecule has 7 heteroatoms. The molecule has 1 amide bonds. The van der Waals surface area contributed by atoms with E-state index in [0.717, 1.165) is 43.2 Å². The van der Waals surface area contributed by atoms with E-state index in [-0.39, 0.29) is 17.9 Å². The van der Waals surface area contributed by atoms with Crippen molar-refractivity contribution in [3.8, 4) is 0 Å². The summed E-state index contributed by atoms with van der Waals surface area (Å²) >= 11 is 0. The Kier molecular flexibility index (Phi) is 5.03. The largest absolute Gasteiger partial charge is 0.377 e. The van der Waals surface area contributed by atoms with Gasteiger partial charge in [-0.25, -0.2) is 13.1 Å². The van der Waals surface area contributed by atoms with Gasteiger partial charge in [-0.2, -0.15) is 0 Å². The topological polar surface area (TPSA) is 75.7 Å². The summed E-state index contributed by atoms with van der Waals surface area (Å²) in [6, 6.07) is 5.27. The van der Waals surface area contributed by atoms with Gasteiger partial charge in [-0.1, -0.05) is 12.5 Å². The average molecular weight is 378 g/mol. The van der Waals surface area contributed by atoms with Gasteiger partial charge in [-0.3, -0.25) is 4.79 Å². The van der Waals surface area contributed by atoms with E-state index in [1.54, 1.807) is 12.1 Å². The number of hydrogen-bond donors (Lipinski definition) is 1. The van der Waals surface area contributed by atoms with Gasteiger partial charge in [0.1, 0.15) is 0 Å². The predicted molar refractivity (Wildman–Crippen MR) is 97.1 cm³/mol. The minimum Gasteiger partial charge on any atom is -0.377 e. The number of carbonyl (C=O) groups is 1. The summed E-state index contributed by atoms with van der Waals surface area (Å²) in [5.41, 5.74) is 2.09. The molecule has 2 fully saturated rings. The van der Waals surface area contributed by atoms with E-state index < -0.39 is 10.0 Å². The molecule has 0 bridgehead atoms. The van der Waals surface area contributed by atoms with Crippen LogP contribution in [-0.2, 0) is 32.5 Å². The first-order valence-corrected chi connectivity index (χ1v) is 11.0. The van der Waals surface area contributed by atoms with Crippen molar-refractivity contribution in [1.82, 2.24) is 9.62 Å². The van der Waals surface area contributed by atoms with Crippen molar-refractivity contribution in [2.75, 3.05) is 19.7 Å². The number of benzene rings is 1. The van der Waals surface area contributed by atoms with E-state index in [4.69, 9.17) is 4.74 Å². The molecule has 1 aromatic rings. The number of rotatable bonds is 5. The molecule has 1 atom stereocenters. The number of nitrogens with zero attached hydrogens (tertiary/aromatic N) is 1. The van der Waals surface area contributed by atoms with E-state index in [9.17, 15) is 13.2 Å². The molecule has 2 aliphatic heterocycles. The van der Waals surface area contributed by atoms with Gasteiger partial charge in [0, 0.05) is 32.2 Å². The molecule has 142 valence electrons. The molecule has 0 radical (unpaired) electrons. The highest BCUT2D eigenvalue weighted by Crippen LogP contribution is 2.31. The quantitative estimate of drug-likeness (QED) is 0.848. The monoisotopic (exact) mass is 378 g/mol. The zero-order valence-electron chi connectivity index (χ0n) is 14.9. The lowest BCUT2D eigenvalue weighted by Gasteiger charge is -2.35. The second-order valence-corrected chi connectivity index (χ2v) is 9.32. The number of fused-ring (bicyclic) bond motifs is 1. The maximum absolute atomic E-state index is 12.6. The van der Waals surface area contributed by atoms with Gasteiger partial charge >= 0.3 is 0 Å². The summed E-state index contributed by atoms with van der Waals surface area (Å²) in [6.45, 7) is 2.30. The third-order valence-electron chi connectivity index (χ3n) is 5.79. The lowest BCUT2D eigenvalue weighted by atomic mass is 9.84. The van der Waals surface area contributed by atoms with Crippen LogP contribution in [-0.4, -0.2) is 45.0 Å². The smallest absolute Gasteiger partial charge is 0.240 e. The van der Waals surface area contributed by atoms with Crippen molar-refractivity contribution >= 4 is 15.9 Å². The molecular weight excluding hydrogens is 352 g/mol. The Balaban J connectivity index is 1.43. The number of sulfonamides is 1. The van der Waals surface area contributed by atoms with Crippen molar-refractivity contribution in [2.24, 2.45) is 5.92 Å². The molecule has 3 aliphatic rings. The van der Waals surface area contributed by atoms with Gasteiger partial charge in [0.15, 0.2) is 0 Å². The third kappa shape index (κ3) is 3.66. The number of carbonyl (C=O) groups excluding carboxylic acids is 1. The van der Waals surface area contributed by atoms with Gasteiger partial charge < -0.3 is 9.64 Å². The summed E-state index contributed by atoms with van der Waals surface area (Å²) in [6.07, 6.45) is 5.75. The van der Waals surface area contributed by atoms with Crippen LogP contribution in [0.1, 0.15) is 43.2 Å². The van der Waals surface area contributed by atoms with Crippen molar-refractivity contribution < 1.29 is 17.9 Å². The summed E-state index contributed by atoms with van der Waals surface area (Å²) in [4.78, 5) is 14.7. The molecular formula is C19H26N2O4S. The first kappa shape index (κ1) is 17.9. The summed E-state index contributed by atoms with van der Waals surface area (Å²) in [5, 5.41) is 0. The van der Waals surface area contributed by atoms with Crippen molar-refractivity contribution in [3.63, 3.8) is 0 Å². The Morgan fingerprint density at radius 2 is 2.04 bits per heavy atom. The van der Waals surface area contributed by atoms with Crippen LogP contribution in [0, 0.1) is 5.92 Å². The van der Waals surface area contributed by atoms with Crippen molar-refractivity contribution in [2.45, 2.75) is 56.1 Å². The molecule has 1 aromatic carbocycles. The zero-order chi connectivity index (χ0) is 18.1. The lowest BCUT2D eigenvalue weighted by Crippen LogP contribution is -2.41. The standard InChI is InChI=1S/C19H26N2O4S/c22-19(14-3-1-4-14)21-9-8-15-11-18(7-6-16(15)13-21)26(23,24)20-12-17-5-2-10-25-17/h6-7,11,14,17,20H,1-5,8-10,12-13H2/t17-/m1/s1. The van der Waals surface area contributed by atoms with Gasteiger partial charge in [0.05, 0.1) is 11.0 Å². The SMILES string of the molecule is O=C(C1CCC1)N1CCc2cc(S(=O)(=O)NC[C@H]3CCCO3)ccc2C1. The molecule has 1 N–H and O–H groups in total. The first-order chi connectivity index (χ1) is 12.5. The maximum Gasteiger partial charge on any atom is 0.240 e. The number of hydrogen-bond acceptors (Lipinski definition) is 4. The normalized spacial score (nSPS) is 23.5. The van der Waals surface area contributed by atoms with Crippen LogP contribution in [0.3, 0.4) is 0 Å². The molecule has 0 aromatic heterocycles. The van der Waals surface area contributed by atoms with E-state index in [1.807, 2.05) is 11.0 Å². The molecule has 1 aliphatic carbocycles. The molecule has 6 nitrogen and oxygen atoms in total. The molecule has 1 saturated heterocycles. The van der Waals surface area contributed by atoms with Crippen LogP contribution < -0.4 is 4.72 Å². The number of nitrogens with one attached hydrogen (secondary N) is 1. The fraction of sp³-hybridized carbons (Fsp3) is 0.632. The Bertz CT molecular complexity index is 783. The fourth-order valence-electron chi connectivity index (χ4n) is 3.89. The Hall–Kier alpha value is -1.44. The molecule has 1 saturated carbocycles. The zero-order valence-corrected chi connectivity index (χ0v) is 15.8. The Morgan fingerprint density at radius 1 is 1.19 bits per heavy atom. The van der Waals surface area contributed by atoms with E-state index >= 15 is 0 Å². The summed E-state index contributed by atoms with van der Waals surface area (Å²) < 4.78 is 33.2. The molecule has 0 spiro atoms. The molecule has 0 unspecified atom stereocenters. The number of ether oxygens (including phenoxy) is 1. The van der Waals surface area contributed by atoms with Crippen LogP contribution >= 0.6 is 0 Å². The summed E-state index contributed by atoms with van der Waals surface area (Å²) in [5.74, 6) is 0.468. The second kappa shape index (κ2) is 7.29. The molecule has 4 rings (SSSR count). The van der Waals surface area contributed by atoms with Crippen LogP contribution in [0.15, 0.2) is 23.1 Å². The first-order valence-electron chi connectivity index (χ1n) is 9.55. The second-order valence-electron chi connectivity index (χ2n) is 7.56. The Morgan fingerprint density at radius 3 is 2.73 bits per heavy atom. The van der Waals surface area contributed by atoms with E-state index in [2.05, 4.69) is 4.72 Å². The Labute approximate surface area is 155 Å². The van der Waals surface area contributed by atoms with E-state index in [1.165, 1.54) is 0 Å². The highest BCUT2D eigenvalue weighted by atomic mass is 32.2. The third-order valence-corrected chi connectivity index (χ3v) is 7.21. The van der Waals surface area contributed by atoms with Crippen LogP contribution in [0.4, 0.5) is 0 Å². The highest BCUT2D eigenvalue weighted by molar-refractivity contribution is 7.89. The lowest BCUT2D eigenvalue weighted by molar-refractivity contribution is -0.139. The molecule has 2 heterocycles. The van der Waals surface area contributed by atoms with Gasteiger partial charge in [-0.05, 0) is 55.4 Å². The minimum atomic E-state index is -3.53. The predicted octanol–water partition coefficient (Wildman–Crippen LogP) is 1.83.